The van der Waals surface area contributed by atoms with Gasteiger partial charge >= 0.3 is 0 Å². The monoisotopic (exact) mass is 404 g/mol. The predicted octanol–water partition coefficient (Wildman–Crippen LogP) is -1.52. The number of carbonyl (C=O) groups is 1. The van der Waals surface area contributed by atoms with Crippen LogP contribution in [-0.2, 0) is 14.3 Å². The van der Waals surface area contributed by atoms with E-state index in [2.05, 4.69) is 5.32 Å². The van der Waals surface area contributed by atoms with Crippen LogP contribution in [0.4, 0.5) is 0 Å². The van der Waals surface area contributed by atoms with E-state index in [1.165, 1.54) is 0 Å². The number of aliphatic hydroxyl groups is 4. The van der Waals surface area contributed by atoms with Crippen LogP contribution in [0, 0.1) is 5.92 Å². The van der Waals surface area contributed by atoms with Crippen LogP contribution in [0.5, 0.6) is 0 Å². The molecule has 2 rings (SSSR count). The summed E-state index contributed by atoms with van der Waals surface area (Å²) in [7, 11) is 0. The average molecular weight is 405 g/mol. The van der Waals surface area contributed by atoms with Crippen molar-refractivity contribution in [3.05, 3.63) is 0 Å². The maximum Gasteiger partial charge on any atom is 0.227 e. The molecule has 0 aromatic heterocycles. The van der Waals surface area contributed by atoms with Crippen LogP contribution in [0.1, 0.15) is 32.1 Å². The minimum Gasteiger partial charge on any atom is -0.394 e. The van der Waals surface area contributed by atoms with Crippen molar-refractivity contribution in [3.8, 4) is 0 Å². The second-order valence-corrected chi connectivity index (χ2v) is 7.64. The van der Waals surface area contributed by atoms with E-state index in [4.69, 9.17) is 9.47 Å². The molecule has 9 heteroatoms. The normalized spacial score (nSPS) is 33.1. The van der Waals surface area contributed by atoms with Gasteiger partial charge in [-0.3, -0.25) is 4.79 Å². The largest absolute Gasteiger partial charge is 0.394 e. The Kier molecular flexibility index (Phi) is 10.6. The van der Waals surface area contributed by atoms with E-state index in [9.17, 15) is 25.2 Å². The van der Waals surface area contributed by atoms with E-state index in [-0.39, 0.29) is 25.0 Å². The second kappa shape index (κ2) is 12.7. The molecular formula is C19H36N2O7. The fourth-order valence-corrected chi connectivity index (χ4v) is 3.69. The lowest BCUT2D eigenvalue weighted by Gasteiger charge is -2.35. The van der Waals surface area contributed by atoms with E-state index in [0.717, 1.165) is 25.8 Å². The Morgan fingerprint density at radius 1 is 1.14 bits per heavy atom. The van der Waals surface area contributed by atoms with Gasteiger partial charge in [0.25, 0.3) is 0 Å². The highest BCUT2D eigenvalue weighted by molar-refractivity contribution is 5.79. The van der Waals surface area contributed by atoms with Gasteiger partial charge in [-0.05, 0) is 38.6 Å². The zero-order valence-electron chi connectivity index (χ0n) is 16.5. The standard InChI is InChI=1S/C19H36N2O7/c22-13-16(24)18-17(25)15(23)12-21(19(26)14-5-3-6-20-11-14)7-4-9-27-8-1-2-10-28-18/h14-18,20,22-25H,1-13H2/t14-,15+,16-,17-,18-/m1/s1. The molecule has 2 fully saturated rings. The van der Waals surface area contributed by atoms with Gasteiger partial charge in [0.1, 0.15) is 24.4 Å². The van der Waals surface area contributed by atoms with Crippen molar-refractivity contribution >= 4 is 5.91 Å². The number of piperidine rings is 1. The van der Waals surface area contributed by atoms with Gasteiger partial charge in [-0.15, -0.1) is 0 Å². The van der Waals surface area contributed by atoms with Gasteiger partial charge in [0.15, 0.2) is 0 Å². The van der Waals surface area contributed by atoms with Gasteiger partial charge in [0.05, 0.1) is 12.5 Å². The van der Waals surface area contributed by atoms with Crippen molar-refractivity contribution in [3.63, 3.8) is 0 Å². The lowest BCUT2D eigenvalue weighted by Crippen LogP contribution is -2.53. The summed E-state index contributed by atoms with van der Waals surface area (Å²) < 4.78 is 11.1. The zero-order valence-corrected chi connectivity index (χ0v) is 16.5. The molecule has 0 radical (unpaired) electrons. The predicted molar refractivity (Wildman–Crippen MR) is 102 cm³/mol. The molecule has 0 aliphatic carbocycles. The molecule has 5 atom stereocenters. The van der Waals surface area contributed by atoms with Crippen LogP contribution in [0.3, 0.4) is 0 Å². The number of amides is 1. The summed E-state index contributed by atoms with van der Waals surface area (Å²) in [6, 6.07) is 0. The molecule has 0 unspecified atom stereocenters. The fourth-order valence-electron chi connectivity index (χ4n) is 3.69. The van der Waals surface area contributed by atoms with Crippen molar-refractivity contribution in [2.45, 2.75) is 56.5 Å². The summed E-state index contributed by atoms with van der Waals surface area (Å²) in [5.74, 6) is -0.196. The summed E-state index contributed by atoms with van der Waals surface area (Å²) in [4.78, 5) is 14.5. The highest BCUT2D eigenvalue weighted by atomic mass is 16.5. The smallest absolute Gasteiger partial charge is 0.227 e. The molecule has 2 aliphatic heterocycles. The number of rotatable bonds is 3. The summed E-state index contributed by atoms with van der Waals surface area (Å²) in [6.07, 6.45) is -1.35. The first kappa shape index (κ1) is 23.5. The molecule has 0 aromatic carbocycles. The molecule has 164 valence electrons. The first-order valence-corrected chi connectivity index (χ1v) is 10.4. The summed E-state index contributed by atoms with van der Waals surface area (Å²) in [5.41, 5.74) is 0. The fraction of sp³-hybridized carbons (Fsp3) is 0.947. The number of hydrogen-bond donors (Lipinski definition) is 5. The molecule has 0 aromatic rings. The first-order chi connectivity index (χ1) is 13.5. The van der Waals surface area contributed by atoms with Crippen LogP contribution in [-0.4, -0.2) is 108 Å². The average Bonchev–Trinajstić information content (AvgIpc) is 2.72. The Labute approximate surface area is 166 Å². The summed E-state index contributed by atoms with van der Waals surface area (Å²) >= 11 is 0. The van der Waals surface area contributed by atoms with Crippen molar-refractivity contribution in [2.24, 2.45) is 5.92 Å². The maximum atomic E-state index is 12.9. The Balaban J connectivity index is 2.08. The third-order valence-electron chi connectivity index (χ3n) is 5.37. The van der Waals surface area contributed by atoms with Crippen molar-refractivity contribution < 1.29 is 34.7 Å². The lowest BCUT2D eigenvalue weighted by molar-refractivity contribution is -0.154. The number of ether oxygens (including phenoxy) is 2. The minimum atomic E-state index is -1.42. The van der Waals surface area contributed by atoms with Gasteiger partial charge in [-0.1, -0.05) is 0 Å². The van der Waals surface area contributed by atoms with Gasteiger partial charge in [-0.2, -0.15) is 0 Å². The number of nitrogens with zero attached hydrogens (tertiary/aromatic N) is 1. The van der Waals surface area contributed by atoms with E-state index in [1.807, 2.05) is 0 Å². The minimum absolute atomic E-state index is 0.0503. The molecule has 0 saturated carbocycles. The van der Waals surface area contributed by atoms with Gasteiger partial charge in [-0.25, -0.2) is 0 Å². The van der Waals surface area contributed by atoms with E-state index in [0.29, 0.717) is 39.1 Å². The lowest BCUT2D eigenvalue weighted by atomic mass is 9.97. The molecule has 2 saturated heterocycles. The number of aliphatic hydroxyl groups excluding tert-OH is 4. The maximum absolute atomic E-state index is 12.9. The Bertz CT molecular complexity index is 448. The first-order valence-electron chi connectivity index (χ1n) is 10.4. The van der Waals surface area contributed by atoms with Gasteiger partial charge < -0.3 is 40.1 Å². The summed E-state index contributed by atoms with van der Waals surface area (Å²) in [5, 5.41) is 43.6. The zero-order chi connectivity index (χ0) is 20.4. The molecular weight excluding hydrogens is 368 g/mol. The molecule has 5 N–H and O–H groups in total. The van der Waals surface area contributed by atoms with Gasteiger partial charge in [0.2, 0.25) is 5.91 Å². The Morgan fingerprint density at radius 2 is 1.89 bits per heavy atom. The Morgan fingerprint density at radius 3 is 2.61 bits per heavy atom. The molecule has 28 heavy (non-hydrogen) atoms. The summed E-state index contributed by atoms with van der Waals surface area (Å²) in [6.45, 7) is 2.65. The molecule has 1 amide bonds. The number of carbonyl (C=O) groups excluding carboxylic acids is 1. The quantitative estimate of drug-likeness (QED) is 0.383. The second-order valence-electron chi connectivity index (χ2n) is 7.64. The van der Waals surface area contributed by atoms with Crippen LogP contribution in [0.15, 0.2) is 0 Å². The van der Waals surface area contributed by atoms with Crippen molar-refractivity contribution in [2.75, 3.05) is 52.6 Å². The third kappa shape index (κ3) is 7.22. The number of hydrogen-bond acceptors (Lipinski definition) is 8. The van der Waals surface area contributed by atoms with Crippen LogP contribution < -0.4 is 5.32 Å². The third-order valence-corrected chi connectivity index (χ3v) is 5.37. The van der Waals surface area contributed by atoms with Crippen molar-refractivity contribution in [1.29, 1.82) is 0 Å². The SMILES string of the molecule is O=C([C@@H]1CCCNC1)N1CCCOCCCCO[C@H]([C@H](O)CO)[C@H](O)[C@@H](O)C1. The van der Waals surface area contributed by atoms with Gasteiger partial charge in [0, 0.05) is 39.5 Å². The van der Waals surface area contributed by atoms with E-state index < -0.39 is 31.0 Å². The molecule has 2 aliphatic rings. The number of β-amino-alcohol motifs (C(OH)–C–C–N with tert-alkyl or cyclic N) is 1. The molecule has 0 bridgehead atoms. The molecule has 2 heterocycles. The van der Waals surface area contributed by atoms with E-state index >= 15 is 0 Å². The molecule has 0 spiro atoms. The van der Waals surface area contributed by atoms with Crippen molar-refractivity contribution in [1.82, 2.24) is 10.2 Å². The highest BCUT2D eigenvalue weighted by Crippen LogP contribution is 2.17. The number of nitrogens with one attached hydrogen (secondary N) is 1. The molecule has 9 nitrogen and oxygen atoms in total. The van der Waals surface area contributed by atoms with E-state index in [1.54, 1.807) is 4.90 Å². The highest BCUT2D eigenvalue weighted by Gasteiger charge is 2.35. The van der Waals surface area contributed by atoms with Crippen LogP contribution in [0.25, 0.3) is 0 Å². The topological polar surface area (TPSA) is 132 Å². The Hall–Kier alpha value is -0.810. The van der Waals surface area contributed by atoms with Crippen LogP contribution in [0.2, 0.25) is 0 Å². The van der Waals surface area contributed by atoms with Crippen LogP contribution >= 0.6 is 0 Å².